The summed E-state index contributed by atoms with van der Waals surface area (Å²) in [6.07, 6.45) is 5.54. The Morgan fingerprint density at radius 3 is 2.06 bits per heavy atom. The Hall–Kier alpha value is -2.55. The van der Waals surface area contributed by atoms with E-state index in [1.165, 1.54) is 24.5 Å². The largest absolute Gasteiger partial charge is 0.490 e. The van der Waals surface area contributed by atoms with Crippen LogP contribution < -0.4 is 27.8 Å². The summed E-state index contributed by atoms with van der Waals surface area (Å²) < 4.78 is 82.8. The third-order valence-electron chi connectivity index (χ3n) is 10.1. The van der Waals surface area contributed by atoms with Gasteiger partial charge < -0.3 is 44.4 Å². The number of phosphoric ester groups is 2. The molecule has 27 nitrogen and oxygen atoms in total. The maximum absolute atomic E-state index is 12.7. The van der Waals surface area contributed by atoms with E-state index in [0.29, 0.717) is 19.3 Å². The summed E-state index contributed by atoms with van der Waals surface area (Å²) in [6.45, 7) is 2.14. The van der Waals surface area contributed by atoms with Crippen LogP contribution in [0.3, 0.4) is 0 Å². The van der Waals surface area contributed by atoms with Gasteiger partial charge in [0.25, 0.3) is 11.1 Å². The maximum atomic E-state index is 12.7. The summed E-state index contributed by atoms with van der Waals surface area (Å²) in [7, 11) is -21.2. The molecule has 2 fully saturated rings. The highest BCUT2D eigenvalue weighted by molar-refractivity contribution is 9.10. The molecule has 0 bridgehead atoms. The summed E-state index contributed by atoms with van der Waals surface area (Å²) in [5.41, 5.74) is -2.91. The van der Waals surface area contributed by atoms with Gasteiger partial charge in [0, 0.05) is 37.7 Å². The SMILES string of the molecule is CC1C(COP(=O)(O)OP(=O)(O)OP(=O)(O)O)OC(n2cc(/C=C/CNC(=O)CCCCCCCCCOP(=O)(O)OCC3OC(n4cc(Br)c(=O)[nH]c4=O)CC3O)c(=O)[nH]c2=O)C1C. The Labute approximate surface area is 377 Å². The minimum atomic E-state index is -5.73. The van der Waals surface area contributed by atoms with E-state index in [2.05, 4.69) is 39.8 Å². The zero-order valence-corrected chi connectivity index (χ0v) is 40.0. The van der Waals surface area contributed by atoms with E-state index in [0.717, 1.165) is 34.8 Å². The van der Waals surface area contributed by atoms with Crippen LogP contribution in [-0.2, 0) is 54.7 Å². The van der Waals surface area contributed by atoms with Crippen LogP contribution in [0.5, 0.6) is 0 Å². The number of halogens is 1. The fourth-order valence-electron chi connectivity index (χ4n) is 6.63. The van der Waals surface area contributed by atoms with Gasteiger partial charge >= 0.3 is 42.7 Å². The number of nitrogens with zero attached hydrogens (tertiary/aromatic N) is 2. The molecule has 0 aliphatic carbocycles. The molecule has 4 heterocycles. The van der Waals surface area contributed by atoms with Gasteiger partial charge in [0.05, 0.1) is 42.1 Å². The molecule has 368 valence electrons. The number of amides is 1. The molecule has 0 aromatic carbocycles. The van der Waals surface area contributed by atoms with Crippen LogP contribution in [0.4, 0.5) is 0 Å². The maximum Gasteiger partial charge on any atom is 0.490 e. The molecule has 10 atom stereocenters. The average molecular weight is 1070 g/mol. The van der Waals surface area contributed by atoms with Gasteiger partial charge in [-0.15, -0.1) is 0 Å². The fraction of sp³-hybridized carbons (Fsp3) is 0.667. The van der Waals surface area contributed by atoms with Crippen LogP contribution in [0.2, 0.25) is 0 Å². The number of carbonyl (C=O) groups excluding carboxylic acids is 1. The second-order valence-corrected chi connectivity index (χ2v) is 21.8. The first-order chi connectivity index (χ1) is 30.3. The monoisotopic (exact) mass is 1070 g/mol. The van der Waals surface area contributed by atoms with Crippen LogP contribution in [-0.4, -0.2) is 99.3 Å². The van der Waals surface area contributed by atoms with Crippen molar-refractivity contribution >= 4 is 59.2 Å². The summed E-state index contributed by atoms with van der Waals surface area (Å²) in [6, 6.07) is 0. The van der Waals surface area contributed by atoms with E-state index < -0.39 is 110 Å². The Kier molecular flexibility index (Phi) is 20.4. The highest BCUT2D eigenvalue weighted by atomic mass is 79.9. The lowest BCUT2D eigenvalue weighted by Gasteiger charge is -2.20. The second-order valence-electron chi connectivity index (χ2n) is 15.0. The Morgan fingerprint density at radius 1 is 0.785 bits per heavy atom. The highest BCUT2D eigenvalue weighted by Crippen LogP contribution is 2.66. The number of aliphatic hydroxyl groups excluding tert-OH is 1. The predicted molar refractivity (Wildman–Crippen MR) is 228 cm³/mol. The normalized spacial score (nSPS) is 25.3. The van der Waals surface area contributed by atoms with E-state index in [1.54, 1.807) is 13.8 Å². The average Bonchev–Trinajstić information content (AvgIpc) is 3.70. The summed E-state index contributed by atoms with van der Waals surface area (Å²) in [4.78, 5) is 112. The number of hydrogen-bond acceptors (Lipinski definition) is 17. The molecule has 2 saturated heterocycles. The lowest BCUT2D eigenvalue weighted by Crippen LogP contribution is -2.35. The number of ether oxygens (including phenoxy) is 2. The van der Waals surface area contributed by atoms with Gasteiger partial charge in [-0.2, -0.15) is 8.62 Å². The van der Waals surface area contributed by atoms with Crippen LogP contribution in [0, 0.1) is 11.8 Å². The molecule has 9 N–H and O–H groups in total. The first-order valence-electron chi connectivity index (χ1n) is 20.0. The van der Waals surface area contributed by atoms with Crippen LogP contribution in [0.1, 0.15) is 89.7 Å². The summed E-state index contributed by atoms with van der Waals surface area (Å²) >= 11 is 3.02. The zero-order valence-electron chi connectivity index (χ0n) is 34.8. The zero-order chi connectivity index (χ0) is 48.3. The van der Waals surface area contributed by atoms with E-state index in [9.17, 15) is 62.0 Å². The molecule has 1 amide bonds. The van der Waals surface area contributed by atoms with Gasteiger partial charge in [-0.05, 0) is 34.7 Å². The number of unbranched alkanes of at least 4 members (excludes halogenated alkanes) is 6. The smallest absolute Gasteiger partial charge is 0.390 e. The second kappa shape index (κ2) is 24.1. The van der Waals surface area contributed by atoms with E-state index in [4.69, 9.17) is 32.8 Å². The third-order valence-corrected chi connectivity index (χ3v) is 15.5. The van der Waals surface area contributed by atoms with E-state index in [-0.39, 0.29) is 41.9 Å². The molecular weight excluding hydrogens is 1020 g/mol. The molecule has 32 heteroatoms. The molecule has 65 heavy (non-hydrogen) atoms. The summed E-state index contributed by atoms with van der Waals surface area (Å²) in [5, 5.41) is 13.0. The molecule has 2 aliphatic heterocycles. The Bertz CT molecular complexity index is 2420. The van der Waals surface area contributed by atoms with Crippen molar-refractivity contribution in [3.8, 4) is 0 Å². The Morgan fingerprint density at radius 2 is 1.38 bits per heavy atom. The number of carbonyl (C=O) groups is 1. The van der Waals surface area contributed by atoms with Gasteiger partial charge in [-0.3, -0.25) is 47.1 Å². The number of phosphoric acid groups is 4. The number of aliphatic hydroxyl groups is 1. The minimum absolute atomic E-state index is 0.0256. The van der Waals surface area contributed by atoms with E-state index in [1.807, 2.05) is 0 Å². The minimum Gasteiger partial charge on any atom is -0.390 e. The summed E-state index contributed by atoms with van der Waals surface area (Å²) in [5.74, 6) is -1.16. The highest BCUT2D eigenvalue weighted by Gasteiger charge is 2.45. The van der Waals surface area contributed by atoms with E-state index >= 15 is 0 Å². The van der Waals surface area contributed by atoms with Crippen molar-refractivity contribution in [2.75, 3.05) is 26.4 Å². The molecular formula is C33H52BrN5O22P4. The third kappa shape index (κ3) is 17.8. The fourth-order valence-corrected chi connectivity index (χ4v) is 10.7. The standard InChI is InChI=1S/C33H52BrN5O22P4/c1-20-21(2)31(59-25(20)18-57-64(51,52)61-65(53,54)60-62(46,47)48)39-16-22(29(42)36-33(39)45)11-10-13-35-27(41)12-8-6-4-3-5-7-9-14-55-63(49,50)56-19-26-24(40)15-28(58-26)38-17-23(34)30(43)37-32(38)44/h10-11,16-17,20-21,24-26,28,31,40H,3-9,12-15,18-19H2,1-2H3,(H,35,41)(H,49,50)(H,51,52)(H,53,54)(H,36,42,45)(H,37,43,44)(H2,46,47,48)/b11-10+. The first kappa shape index (κ1) is 55.0. The predicted octanol–water partition coefficient (Wildman–Crippen LogP) is 2.39. The molecule has 0 saturated carbocycles. The van der Waals surface area contributed by atoms with Crippen LogP contribution >= 0.6 is 47.2 Å². The molecule has 2 aromatic heterocycles. The molecule has 0 radical (unpaired) electrons. The van der Waals surface area contributed by atoms with Gasteiger partial charge in [0.15, 0.2) is 0 Å². The van der Waals surface area contributed by atoms with Gasteiger partial charge in [-0.1, -0.05) is 58.1 Å². The number of rotatable bonds is 26. The van der Waals surface area contributed by atoms with Crippen molar-refractivity contribution in [3.63, 3.8) is 0 Å². The molecule has 2 aliphatic rings. The number of aromatic nitrogens is 4. The van der Waals surface area contributed by atoms with Crippen LogP contribution in [0.25, 0.3) is 6.08 Å². The number of H-pyrrole nitrogens is 2. The van der Waals surface area contributed by atoms with Gasteiger partial charge in [0.1, 0.15) is 18.6 Å². The van der Waals surface area contributed by atoms with Crippen molar-refractivity contribution in [1.82, 2.24) is 24.4 Å². The van der Waals surface area contributed by atoms with Crippen molar-refractivity contribution in [3.05, 3.63) is 70.2 Å². The van der Waals surface area contributed by atoms with Crippen molar-refractivity contribution in [2.24, 2.45) is 11.8 Å². The quantitative estimate of drug-likeness (QED) is 0.0482. The van der Waals surface area contributed by atoms with Crippen molar-refractivity contribution in [2.45, 2.75) is 102 Å². The van der Waals surface area contributed by atoms with Gasteiger partial charge in [-0.25, -0.2) is 27.8 Å². The van der Waals surface area contributed by atoms with Crippen molar-refractivity contribution < 1.29 is 84.3 Å². The first-order valence-corrected chi connectivity index (χ1v) is 26.8. The Balaban J connectivity index is 1.08. The number of hydrogen-bond donors (Lipinski definition) is 9. The number of nitrogens with one attached hydrogen (secondary N) is 3. The molecule has 10 unspecified atom stereocenters. The topological polar surface area (TPSA) is 393 Å². The molecule has 2 aromatic rings. The molecule has 4 rings (SSSR count). The van der Waals surface area contributed by atoms with Crippen LogP contribution in [0.15, 0.2) is 42.1 Å². The number of aromatic amines is 2. The molecule has 0 spiro atoms. The van der Waals surface area contributed by atoms with Crippen molar-refractivity contribution in [1.29, 1.82) is 0 Å². The lowest BCUT2D eigenvalue weighted by atomic mass is 9.93. The lowest BCUT2D eigenvalue weighted by molar-refractivity contribution is -0.121. The van der Waals surface area contributed by atoms with Gasteiger partial charge in [0.2, 0.25) is 5.91 Å².